The zero-order valence-electron chi connectivity index (χ0n) is 9.66. The standard InChI is InChI=1S/C10H15FN2O2S.ClH/c1-8-7-9(11)3-4-10(8)16(14,15)13-6-5-12-2;/h3-4,7,12-13H,5-6H2,1-2H3;1H. The Balaban J connectivity index is 0.00000256. The number of halogens is 2. The molecule has 0 amide bonds. The second kappa shape index (κ2) is 6.90. The molecule has 0 aliphatic rings. The van der Waals surface area contributed by atoms with E-state index in [0.29, 0.717) is 18.7 Å². The van der Waals surface area contributed by atoms with E-state index in [4.69, 9.17) is 0 Å². The first kappa shape index (κ1) is 16.3. The number of benzene rings is 1. The number of hydrogen-bond acceptors (Lipinski definition) is 3. The zero-order valence-corrected chi connectivity index (χ0v) is 11.3. The van der Waals surface area contributed by atoms with Gasteiger partial charge in [-0.25, -0.2) is 17.5 Å². The maximum atomic E-state index is 12.8. The van der Waals surface area contributed by atoms with Gasteiger partial charge in [-0.1, -0.05) is 0 Å². The second-order valence-corrected chi connectivity index (χ2v) is 5.15. The SMILES string of the molecule is CNCCNS(=O)(=O)c1ccc(F)cc1C.Cl. The summed E-state index contributed by atoms with van der Waals surface area (Å²) in [7, 11) is -1.80. The van der Waals surface area contributed by atoms with E-state index in [0.717, 1.165) is 6.07 Å². The van der Waals surface area contributed by atoms with Gasteiger partial charge in [0.25, 0.3) is 0 Å². The third-order valence-corrected chi connectivity index (χ3v) is 3.71. The Labute approximate surface area is 107 Å². The lowest BCUT2D eigenvalue weighted by Gasteiger charge is -2.08. The van der Waals surface area contributed by atoms with Crippen LogP contribution in [0.4, 0.5) is 4.39 Å². The first-order valence-electron chi connectivity index (χ1n) is 4.88. The Morgan fingerprint density at radius 1 is 1.29 bits per heavy atom. The van der Waals surface area contributed by atoms with Crippen LogP contribution in [0, 0.1) is 12.7 Å². The lowest BCUT2D eigenvalue weighted by Crippen LogP contribution is -2.30. The van der Waals surface area contributed by atoms with Gasteiger partial charge < -0.3 is 5.32 Å². The minimum absolute atomic E-state index is 0. The van der Waals surface area contributed by atoms with Crippen LogP contribution >= 0.6 is 12.4 Å². The van der Waals surface area contributed by atoms with Gasteiger partial charge in [0.1, 0.15) is 5.82 Å². The van der Waals surface area contributed by atoms with Gasteiger partial charge in [0.05, 0.1) is 4.90 Å². The molecule has 0 atom stereocenters. The molecule has 0 bridgehead atoms. The van der Waals surface area contributed by atoms with Crippen molar-refractivity contribution in [3.8, 4) is 0 Å². The van der Waals surface area contributed by atoms with Crippen LogP contribution < -0.4 is 10.0 Å². The number of hydrogen-bond donors (Lipinski definition) is 2. The first-order chi connectivity index (χ1) is 7.47. The summed E-state index contributed by atoms with van der Waals surface area (Å²) >= 11 is 0. The van der Waals surface area contributed by atoms with Crippen molar-refractivity contribution in [1.82, 2.24) is 10.0 Å². The summed E-state index contributed by atoms with van der Waals surface area (Å²) in [4.78, 5) is 0.116. The van der Waals surface area contributed by atoms with E-state index < -0.39 is 15.8 Å². The summed E-state index contributed by atoms with van der Waals surface area (Å²) in [5.74, 6) is -0.438. The van der Waals surface area contributed by atoms with Crippen LogP contribution in [0.2, 0.25) is 0 Å². The largest absolute Gasteiger partial charge is 0.318 e. The number of aryl methyl sites for hydroxylation is 1. The quantitative estimate of drug-likeness (QED) is 0.794. The topological polar surface area (TPSA) is 58.2 Å². The molecular formula is C10H16ClFN2O2S. The van der Waals surface area contributed by atoms with Crippen molar-refractivity contribution in [3.63, 3.8) is 0 Å². The Bertz CT molecular complexity index is 465. The molecule has 7 heteroatoms. The molecule has 0 saturated carbocycles. The molecular weight excluding hydrogens is 267 g/mol. The highest BCUT2D eigenvalue weighted by Crippen LogP contribution is 2.15. The van der Waals surface area contributed by atoms with E-state index in [-0.39, 0.29) is 17.3 Å². The summed E-state index contributed by atoms with van der Waals surface area (Å²) < 4.78 is 38.8. The normalized spacial score (nSPS) is 11.0. The average Bonchev–Trinajstić information content (AvgIpc) is 2.17. The number of sulfonamides is 1. The number of rotatable bonds is 5. The van der Waals surface area contributed by atoms with E-state index >= 15 is 0 Å². The zero-order chi connectivity index (χ0) is 12.2. The summed E-state index contributed by atoms with van der Waals surface area (Å²) in [5.41, 5.74) is 0.400. The van der Waals surface area contributed by atoms with Crippen molar-refractivity contribution >= 4 is 22.4 Å². The third kappa shape index (κ3) is 4.59. The fraction of sp³-hybridized carbons (Fsp3) is 0.400. The molecule has 2 N–H and O–H groups in total. The molecule has 0 radical (unpaired) electrons. The Morgan fingerprint density at radius 2 is 1.94 bits per heavy atom. The summed E-state index contributed by atoms with van der Waals surface area (Å²) in [6, 6.07) is 3.61. The van der Waals surface area contributed by atoms with E-state index in [1.54, 1.807) is 14.0 Å². The summed E-state index contributed by atoms with van der Waals surface area (Å²) in [6.07, 6.45) is 0. The van der Waals surface area contributed by atoms with Gasteiger partial charge >= 0.3 is 0 Å². The Hall–Kier alpha value is -0.690. The first-order valence-corrected chi connectivity index (χ1v) is 6.36. The molecule has 98 valence electrons. The molecule has 0 fully saturated rings. The van der Waals surface area contributed by atoms with Crippen molar-refractivity contribution in [2.24, 2.45) is 0 Å². The number of likely N-dealkylation sites (N-methyl/N-ethyl adjacent to an activating group) is 1. The second-order valence-electron chi connectivity index (χ2n) is 3.41. The molecule has 0 heterocycles. The van der Waals surface area contributed by atoms with E-state index in [1.807, 2.05) is 0 Å². The molecule has 4 nitrogen and oxygen atoms in total. The fourth-order valence-electron chi connectivity index (χ4n) is 1.30. The maximum absolute atomic E-state index is 12.8. The van der Waals surface area contributed by atoms with Crippen LogP contribution in [0.5, 0.6) is 0 Å². The third-order valence-electron chi connectivity index (χ3n) is 2.09. The molecule has 0 spiro atoms. The van der Waals surface area contributed by atoms with Gasteiger partial charge in [-0.15, -0.1) is 12.4 Å². The molecule has 17 heavy (non-hydrogen) atoms. The van der Waals surface area contributed by atoms with Gasteiger partial charge in [-0.2, -0.15) is 0 Å². The van der Waals surface area contributed by atoms with Crippen LogP contribution in [-0.2, 0) is 10.0 Å². The minimum atomic E-state index is -3.54. The van der Waals surface area contributed by atoms with Gasteiger partial charge in [0, 0.05) is 13.1 Å². The van der Waals surface area contributed by atoms with E-state index in [2.05, 4.69) is 10.0 Å². The summed E-state index contributed by atoms with van der Waals surface area (Å²) in [5, 5.41) is 2.83. The number of nitrogens with one attached hydrogen (secondary N) is 2. The maximum Gasteiger partial charge on any atom is 0.240 e. The monoisotopic (exact) mass is 282 g/mol. The fourth-order valence-corrected chi connectivity index (χ4v) is 2.56. The molecule has 0 aromatic heterocycles. The highest BCUT2D eigenvalue weighted by Gasteiger charge is 2.15. The van der Waals surface area contributed by atoms with Gasteiger partial charge in [0.15, 0.2) is 0 Å². The predicted octanol–water partition coefficient (Wildman–Crippen LogP) is 1.05. The van der Waals surface area contributed by atoms with Crippen LogP contribution in [0.1, 0.15) is 5.56 Å². The minimum Gasteiger partial charge on any atom is -0.318 e. The molecule has 0 aliphatic carbocycles. The van der Waals surface area contributed by atoms with Crippen molar-refractivity contribution in [1.29, 1.82) is 0 Å². The lowest BCUT2D eigenvalue weighted by atomic mass is 10.2. The molecule has 0 unspecified atom stereocenters. The van der Waals surface area contributed by atoms with E-state index in [1.165, 1.54) is 12.1 Å². The average molecular weight is 283 g/mol. The molecule has 1 aromatic carbocycles. The lowest BCUT2D eigenvalue weighted by molar-refractivity contribution is 0.578. The predicted molar refractivity (Wildman–Crippen MR) is 67.5 cm³/mol. The van der Waals surface area contributed by atoms with Crippen molar-refractivity contribution in [2.75, 3.05) is 20.1 Å². The smallest absolute Gasteiger partial charge is 0.240 e. The molecule has 1 rings (SSSR count). The highest BCUT2D eigenvalue weighted by molar-refractivity contribution is 7.89. The van der Waals surface area contributed by atoms with Crippen molar-refractivity contribution < 1.29 is 12.8 Å². The summed E-state index contributed by atoms with van der Waals surface area (Å²) in [6.45, 7) is 2.41. The van der Waals surface area contributed by atoms with Crippen LogP contribution in [0.25, 0.3) is 0 Å². The van der Waals surface area contributed by atoms with Crippen molar-refractivity contribution in [3.05, 3.63) is 29.6 Å². The Morgan fingerprint density at radius 3 is 2.47 bits per heavy atom. The van der Waals surface area contributed by atoms with E-state index in [9.17, 15) is 12.8 Å². The van der Waals surface area contributed by atoms with Gasteiger partial charge in [0.2, 0.25) is 10.0 Å². The Kier molecular flexibility index (Phi) is 6.62. The van der Waals surface area contributed by atoms with Crippen LogP contribution in [0.3, 0.4) is 0 Å². The van der Waals surface area contributed by atoms with Gasteiger partial charge in [-0.05, 0) is 37.7 Å². The highest BCUT2D eigenvalue weighted by atomic mass is 35.5. The van der Waals surface area contributed by atoms with Crippen LogP contribution in [-0.4, -0.2) is 28.6 Å². The van der Waals surface area contributed by atoms with Crippen LogP contribution in [0.15, 0.2) is 23.1 Å². The van der Waals surface area contributed by atoms with Gasteiger partial charge in [-0.3, -0.25) is 0 Å². The molecule has 0 aliphatic heterocycles. The molecule has 0 saturated heterocycles. The molecule has 1 aromatic rings. The van der Waals surface area contributed by atoms with Crippen molar-refractivity contribution in [2.45, 2.75) is 11.8 Å².